The van der Waals surface area contributed by atoms with Crippen LogP contribution in [0.4, 0.5) is 0 Å². The molecule has 5 nitrogen and oxygen atoms in total. The molecule has 3 rings (SSSR count). The zero-order valence-corrected chi connectivity index (χ0v) is 15.5. The van der Waals surface area contributed by atoms with Crippen LogP contribution in [0.2, 0.25) is 5.02 Å². The number of rotatable bonds is 4. The lowest BCUT2D eigenvalue weighted by Crippen LogP contribution is -2.44. The Balaban J connectivity index is 1.75. The van der Waals surface area contributed by atoms with Crippen LogP contribution in [0.15, 0.2) is 24.3 Å². The number of halogens is 1. The Morgan fingerprint density at radius 2 is 2.20 bits per heavy atom. The number of aromatic nitrogens is 2. The minimum absolute atomic E-state index is 0.0336. The van der Waals surface area contributed by atoms with Crippen molar-refractivity contribution in [1.29, 1.82) is 0 Å². The molecule has 1 amide bonds. The molecule has 0 aliphatic carbocycles. The highest BCUT2D eigenvalue weighted by molar-refractivity contribution is 6.34. The number of phenols is 1. The van der Waals surface area contributed by atoms with Crippen LogP contribution in [0.3, 0.4) is 0 Å². The number of phenolic OH excluding ortho intramolecular Hbond substituents is 1. The number of hydrogen-bond donors (Lipinski definition) is 1. The van der Waals surface area contributed by atoms with E-state index in [2.05, 4.69) is 5.10 Å². The number of nitrogens with zero attached hydrogens (tertiary/aromatic N) is 3. The third-order valence-electron chi connectivity index (χ3n) is 4.92. The van der Waals surface area contributed by atoms with Crippen molar-refractivity contribution in [2.45, 2.75) is 45.1 Å². The number of piperidine rings is 1. The molecule has 0 spiro atoms. The molecule has 2 aromatic rings. The van der Waals surface area contributed by atoms with Gasteiger partial charge in [-0.15, -0.1) is 0 Å². The Labute approximate surface area is 153 Å². The van der Waals surface area contributed by atoms with Crippen LogP contribution in [0.25, 0.3) is 0 Å². The van der Waals surface area contributed by atoms with Crippen molar-refractivity contribution in [3.8, 4) is 5.75 Å². The van der Waals surface area contributed by atoms with Gasteiger partial charge in [-0.3, -0.25) is 9.48 Å². The summed E-state index contributed by atoms with van der Waals surface area (Å²) in [7, 11) is 1.76. The van der Waals surface area contributed by atoms with Gasteiger partial charge in [0.1, 0.15) is 11.4 Å². The van der Waals surface area contributed by atoms with Crippen molar-refractivity contribution < 1.29 is 9.90 Å². The van der Waals surface area contributed by atoms with Gasteiger partial charge in [-0.25, -0.2) is 0 Å². The molecular weight excluding hydrogens is 338 g/mol. The van der Waals surface area contributed by atoms with E-state index in [1.807, 2.05) is 24.0 Å². The Kier molecular flexibility index (Phi) is 5.33. The van der Waals surface area contributed by atoms with Gasteiger partial charge in [-0.05, 0) is 56.7 Å². The van der Waals surface area contributed by atoms with E-state index in [4.69, 9.17) is 11.6 Å². The van der Waals surface area contributed by atoms with Gasteiger partial charge in [-0.2, -0.15) is 5.10 Å². The van der Waals surface area contributed by atoms with E-state index in [9.17, 15) is 9.90 Å². The molecule has 1 aliphatic heterocycles. The number of carbonyl (C=O) groups excluding carboxylic acids is 1. The fourth-order valence-corrected chi connectivity index (χ4v) is 3.85. The average Bonchev–Trinajstić information content (AvgIpc) is 2.85. The van der Waals surface area contributed by atoms with E-state index >= 15 is 0 Å². The number of hydrogen-bond acceptors (Lipinski definition) is 3. The fraction of sp³-hybridized carbons (Fsp3) is 0.474. The Morgan fingerprint density at radius 3 is 2.88 bits per heavy atom. The topological polar surface area (TPSA) is 58.4 Å². The van der Waals surface area contributed by atoms with E-state index in [0.717, 1.165) is 44.2 Å². The average molecular weight is 362 g/mol. The van der Waals surface area contributed by atoms with Crippen molar-refractivity contribution in [3.05, 3.63) is 46.2 Å². The minimum Gasteiger partial charge on any atom is -0.508 e. The molecule has 6 heteroatoms. The molecule has 0 saturated carbocycles. The molecule has 1 fully saturated rings. The number of likely N-dealkylation sites (tertiary alicyclic amines) is 1. The maximum absolute atomic E-state index is 13.1. The summed E-state index contributed by atoms with van der Waals surface area (Å²) in [4.78, 5) is 15.0. The summed E-state index contributed by atoms with van der Waals surface area (Å²) in [6, 6.07) is 7.51. The number of aryl methyl sites for hydroxylation is 3. The molecule has 1 atom stereocenters. The van der Waals surface area contributed by atoms with E-state index in [-0.39, 0.29) is 17.7 Å². The number of amides is 1. The lowest BCUT2D eigenvalue weighted by atomic mass is 9.95. The monoisotopic (exact) mass is 361 g/mol. The molecule has 0 bridgehead atoms. The predicted octanol–water partition coefficient (Wildman–Crippen LogP) is 3.72. The summed E-state index contributed by atoms with van der Waals surface area (Å²) in [6.45, 7) is 2.57. The summed E-state index contributed by atoms with van der Waals surface area (Å²) in [5.74, 6) is 0.250. The van der Waals surface area contributed by atoms with Crippen molar-refractivity contribution in [1.82, 2.24) is 14.7 Å². The highest BCUT2D eigenvalue weighted by atomic mass is 35.5. The van der Waals surface area contributed by atoms with Crippen molar-refractivity contribution in [3.63, 3.8) is 0 Å². The first-order chi connectivity index (χ1) is 12.0. The van der Waals surface area contributed by atoms with Gasteiger partial charge in [0.05, 0.1) is 10.7 Å². The maximum atomic E-state index is 13.1. The third kappa shape index (κ3) is 3.82. The zero-order valence-electron chi connectivity index (χ0n) is 14.7. The van der Waals surface area contributed by atoms with E-state index in [1.54, 1.807) is 23.9 Å². The first-order valence-electron chi connectivity index (χ1n) is 8.75. The van der Waals surface area contributed by atoms with E-state index in [1.165, 1.54) is 0 Å². The molecule has 1 aromatic carbocycles. The molecule has 1 saturated heterocycles. The maximum Gasteiger partial charge on any atom is 0.273 e. The van der Waals surface area contributed by atoms with Crippen LogP contribution in [0.5, 0.6) is 5.75 Å². The SMILES string of the molecule is Cc1nn(C)c(C(=O)N2CCCC[C@@H]2CCc2cccc(O)c2)c1Cl. The Hall–Kier alpha value is -2.01. The second-order valence-corrected chi connectivity index (χ2v) is 7.11. The minimum atomic E-state index is -0.0336. The smallest absolute Gasteiger partial charge is 0.273 e. The van der Waals surface area contributed by atoms with E-state index < -0.39 is 0 Å². The van der Waals surface area contributed by atoms with E-state index in [0.29, 0.717) is 16.4 Å². The number of benzene rings is 1. The Bertz CT molecular complexity index is 772. The Morgan fingerprint density at radius 1 is 1.40 bits per heavy atom. The van der Waals surface area contributed by atoms with Crippen LogP contribution in [0.1, 0.15) is 47.4 Å². The quantitative estimate of drug-likeness (QED) is 0.903. The molecule has 1 aliphatic rings. The highest BCUT2D eigenvalue weighted by Crippen LogP contribution is 2.27. The van der Waals surface area contributed by atoms with Gasteiger partial charge in [0.15, 0.2) is 0 Å². The van der Waals surface area contributed by atoms with Crippen LogP contribution in [-0.4, -0.2) is 38.3 Å². The summed E-state index contributed by atoms with van der Waals surface area (Å²) in [5, 5.41) is 14.3. The van der Waals surface area contributed by atoms with Crippen LogP contribution >= 0.6 is 11.6 Å². The molecule has 1 aromatic heterocycles. The predicted molar refractivity (Wildman–Crippen MR) is 98.1 cm³/mol. The van der Waals surface area contributed by atoms with Crippen molar-refractivity contribution >= 4 is 17.5 Å². The summed E-state index contributed by atoms with van der Waals surface area (Å²) >= 11 is 6.31. The van der Waals surface area contributed by atoms with Gasteiger partial charge >= 0.3 is 0 Å². The van der Waals surface area contributed by atoms with Gasteiger partial charge < -0.3 is 10.0 Å². The van der Waals surface area contributed by atoms with Crippen molar-refractivity contribution in [2.24, 2.45) is 7.05 Å². The first-order valence-corrected chi connectivity index (χ1v) is 9.13. The summed E-state index contributed by atoms with van der Waals surface area (Å²) in [6.07, 6.45) is 4.86. The van der Waals surface area contributed by atoms with Crippen molar-refractivity contribution in [2.75, 3.05) is 6.54 Å². The second kappa shape index (κ2) is 7.48. The molecule has 1 N–H and O–H groups in total. The molecule has 25 heavy (non-hydrogen) atoms. The molecule has 134 valence electrons. The molecule has 2 heterocycles. The zero-order chi connectivity index (χ0) is 18.0. The summed E-state index contributed by atoms with van der Waals surface area (Å²) in [5.41, 5.74) is 2.25. The largest absolute Gasteiger partial charge is 0.508 e. The number of carbonyl (C=O) groups is 1. The van der Waals surface area contributed by atoms with Gasteiger partial charge in [0.25, 0.3) is 5.91 Å². The molecule has 0 unspecified atom stereocenters. The van der Waals surface area contributed by atoms with Gasteiger partial charge in [0.2, 0.25) is 0 Å². The summed E-state index contributed by atoms with van der Waals surface area (Å²) < 4.78 is 1.58. The van der Waals surface area contributed by atoms with Crippen LogP contribution in [-0.2, 0) is 13.5 Å². The standard InChI is InChI=1S/C19H24ClN3O2/c1-13-17(20)18(22(2)21-13)19(25)23-11-4-3-7-15(23)10-9-14-6-5-8-16(24)12-14/h5-6,8,12,15,24H,3-4,7,9-11H2,1-2H3/t15-/m1/s1. The van der Waals surface area contributed by atoms with Gasteiger partial charge in [0, 0.05) is 19.6 Å². The molecular formula is C19H24ClN3O2. The fourth-order valence-electron chi connectivity index (χ4n) is 3.61. The van der Waals surface area contributed by atoms with Gasteiger partial charge in [-0.1, -0.05) is 23.7 Å². The normalized spacial score (nSPS) is 17.7. The number of aromatic hydroxyl groups is 1. The van der Waals surface area contributed by atoms with Crippen LogP contribution in [0, 0.1) is 6.92 Å². The van der Waals surface area contributed by atoms with Crippen LogP contribution < -0.4 is 0 Å². The molecule has 0 radical (unpaired) electrons. The first kappa shape index (κ1) is 17.8. The highest BCUT2D eigenvalue weighted by Gasteiger charge is 2.31. The second-order valence-electron chi connectivity index (χ2n) is 6.73. The lowest BCUT2D eigenvalue weighted by Gasteiger charge is -2.36. The lowest BCUT2D eigenvalue weighted by molar-refractivity contribution is 0.0590. The third-order valence-corrected chi connectivity index (χ3v) is 5.37.